The second-order valence-corrected chi connectivity index (χ2v) is 7.77. The van der Waals surface area contributed by atoms with E-state index in [1.165, 1.54) is 22.9 Å². The van der Waals surface area contributed by atoms with Crippen molar-refractivity contribution >= 4 is 40.8 Å². The van der Waals surface area contributed by atoms with Crippen molar-refractivity contribution in [2.75, 3.05) is 17.3 Å². The van der Waals surface area contributed by atoms with E-state index in [1.807, 2.05) is 11.8 Å². The fourth-order valence-corrected chi connectivity index (χ4v) is 4.22. The van der Waals surface area contributed by atoms with Crippen LogP contribution in [0.3, 0.4) is 0 Å². The summed E-state index contributed by atoms with van der Waals surface area (Å²) in [5.74, 6) is -0.335. The average Bonchev–Trinajstić information content (AvgIpc) is 3.16. The van der Waals surface area contributed by atoms with Crippen LogP contribution >= 0.6 is 23.4 Å². The maximum absolute atomic E-state index is 13.3. The Morgan fingerprint density at radius 3 is 2.88 bits per heavy atom. The molecule has 3 N–H and O–H groups in total. The molecular formula is C17H20ClFN4OS. The Balaban J connectivity index is 1.88. The molecule has 8 heteroatoms. The molecule has 0 aliphatic heterocycles. The number of hydrogen-bond acceptors (Lipinski definition) is 4. The van der Waals surface area contributed by atoms with Gasteiger partial charge < -0.3 is 11.1 Å². The quantitative estimate of drug-likeness (QED) is 0.836. The topological polar surface area (TPSA) is 72.9 Å². The molecule has 1 aromatic carbocycles. The molecular weight excluding hydrogens is 363 g/mol. The molecule has 2 unspecified atom stereocenters. The minimum atomic E-state index is -0.532. The molecule has 0 spiro atoms. The molecule has 5 nitrogen and oxygen atoms in total. The van der Waals surface area contributed by atoms with E-state index in [-0.39, 0.29) is 16.8 Å². The van der Waals surface area contributed by atoms with Crippen LogP contribution in [0.1, 0.15) is 41.2 Å². The molecule has 1 heterocycles. The Kier molecular flexibility index (Phi) is 5.24. The molecule has 25 heavy (non-hydrogen) atoms. The van der Waals surface area contributed by atoms with Gasteiger partial charge in [0.2, 0.25) is 0 Å². The summed E-state index contributed by atoms with van der Waals surface area (Å²) in [5.41, 5.74) is 7.65. The van der Waals surface area contributed by atoms with Crippen LogP contribution in [0, 0.1) is 5.82 Å². The van der Waals surface area contributed by atoms with E-state index in [9.17, 15) is 9.18 Å². The Labute approximate surface area is 155 Å². The zero-order valence-electron chi connectivity index (χ0n) is 14.1. The van der Waals surface area contributed by atoms with E-state index < -0.39 is 5.82 Å². The van der Waals surface area contributed by atoms with Crippen molar-refractivity contribution in [3.05, 3.63) is 40.3 Å². The third-order valence-corrected chi connectivity index (χ3v) is 6.01. The molecule has 2 aromatic rings. The summed E-state index contributed by atoms with van der Waals surface area (Å²) in [7, 11) is 1.73. The van der Waals surface area contributed by atoms with Crippen LogP contribution in [-0.2, 0) is 7.05 Å². The van der Waals surface area contributed by atoms with Crippen LogP contribution in [0.25, 0.3) is 0 Å². The number of benzene rings is 1. The number of amides is 1. The number of aromatic nitrogens is 2. The van der Waals surface area contributed by atoms with Gasteiger partial charge in [-0.1, -0.05) is 11.6 Å². The largest absolute Gasteiger partial charge is 0.383 e. The van der Waals surface area contributed by atoms with Crippen LogP contribution in [0.2, 0.25) is 5.02 Å². The zero-order chi connectivity index (χ0) is 18.1. The van der Waals surface area contributed by atoms with E-state index in [4.69, 9.17) is 17.3 Å². The third kappa shape index (κ3) is 3.62. The fourth-order valence-electron chi connectivity index (χ4n) is 3.25. The lowest BCUT2D eigenvalue weighted by molar-refractivity contribution is 0.102. The molecule has 1 saturated carbocycles. The molecule has 0 bridgehead atoms. The SMILES string of the molecule is CSC1CCC(c2nn(C)c(N)c2C(=O)Nc2ccc(F)c(Cl)c2)C1. The molecule has 1 aromatic heterocycles. The first-order chi connectivity index (χ1) is 11.9. The summed E-state index contributed by atoms with van der Waals surface area (Å²) in [6.07, 6.45) is 5.19. The summed E-state index contributed by atoms with van der Waals surface area (Å²) in [4.78, 5) is 12.8. The standard InChI is InChI=1S/C17H20ClFN4OS/c1-23-16(20)14(15(22-23)9-3-5-11(7-9)25-2)17(24)21-10-4-6-13(19)12(18)8-10/h4,6,8-9,11H,3,5,7,20H2,1-2H3,(H,21,24). The second kappa shape index (κ2) is 7.25. The van der Waals surface area contributed by atoms with Gasteiger partial charge in [0.05, 0.1) is 10.7 Å². The van der Waals surface area contributed by atoms with Crippen molar-refractivity contribution in [3.8, 4) is 0 Å². The Hall–Kier alpha value is -1.73. The number of thioether (sulfide) groups is 1. The van der Waals surface area contributed by atoms with Crippen LogP contribution < -0.4 is 11.1 Å². The third-order valence-electron chi connectivity index (χ3n) is 4.63. The van der Waals surface area contributed by atoms with E-state index in [2.05, 4.69) is 16.7 Å². The van der Waals surface area contributed by atoms with Gasteiger partial charge in [-0.2, -0.15) is 16.9 Å². The van der Waals surface area contributed by atoms with Gasteiger partial charge in [0.15, 0.2) is 0 Å². The highest BCUT2D eigenvalue weighted by Gasteiger charge is 2.32. The normalized spacial score (nSPS) is 20.0. The number of halogens is 2. The number of carbonyl (C=O) groups excluding carboxylic acids is 1. The van der Waals surface area contributed by atoms with Crippen LogP contribution in [0.5, 0.6) is 0 Å². The number of nitrogens with two attached hydrogens (primary N) is 1. The van der Waals surface area contributed by atoms with Gasteiger partial charge in [0, 0.05) is 23.9 Å². The molecule has 1 fully saturated rings. The number of nitrogens with zero attached hydrogens (tertiary/aromatic N) is 2. The molecule has 1 aliphatic carbocycles. The van der Waals surface area contributed by atoms with Crippen molar-refractivity contribution in [2.24, 2.45) is 7.05 Å². The lowest BCUT2D eigenvalue weighted by Crippen LogP contribution is -2.16. The maximum Gasteiger partial charge on any atom is 0.261 e. The molecule has 1 aliphatic rings. The monoisotopic (exact) mass is 382 g/mol. The number of hydrogen-bond donors (Lipinski definition) is 2. The van der Waals surface area contributed by atoms with Crippen LogP contribution in [0.15, 0.2) is 18.2 Å². The van der Waals surface area contributed by atoms with Gasteiger partial charge in [0.1, 0.15) is 17.2 Å². The average molecular weight is 383 g/mol. The number of nitrogen functional groups attached to an aromatic ring is 1. The van der Waals surface area contributed by atoms with Crippen LogP contribution in [-0.4, -0.2) is 27.2 Å². The zero-order valence-corrected chi connectivity index (χ0v) is 15.6. The highest BCUT2D eigenvalue weighted by Crippen LogP contribution is 2.41. The summed E-state index contributed by atoms with van der Waals surface area (Å²) >= 11 is 7.62. The summed E-state index contributed by atoms with van der Waals surface area (Å²) in [6.45, 7) is 0. The summed E-state index contributed by atoms with van der Waals surface area (Å²) in [6, 6.07) is 4.05. The highest BCUT2D eigenvalue weighted by atomic mass is 35.5. The lowest BCUT2D eigenvalue weighted by Gasteiger charge is -2.11. The minimum absolute atomic E-state index is 0.0456. The van der Waals surface area contributed by atoms with Gasteiger partial charge in [-0.3, -0.25) is 9.48 Å². The lowest BCUT2D eigenvalue weighted by atomic mass is 9.99. The van der Waals surface area contributed by atoms with Crippen molar-refractivity contribution in [2.45, 2.75) is 30.4 Å². The molecule has 134 valence electrons. The number of carbonyl (C=O) groups is 1. The Bertz CT molecular complexity index is 810. The maximum atomic E-state index is 13.3. The van der Waals surface area contributed by atoms with Crippen molar-refractivity contribution in [1.29, 1.82) is 0 Å². The number of rotatable bonds is 4. The van der Waals surface area contributed by atoms with Crippen molar-refractivity contribution < 1.29 is 9.18 Å². The van der Waals surface area contributed by atoms with Crippen molar-refractivity contribution in [1.82, 2.24) is 9.78 Å². The van der Waals surface area contributed by atoms with E-state index in [1.54, 1.807) is 7.05 Å². The fraction of sp³-hybridized carbons (Fsp3) is 0.412. The predicted octanol–water partition coefficient (Wildman–Crippen LogP) is 4.05. The number of anilines is 2. The predicted molar refractivity (Wildman–Crippen MR) is 101 cm³/mol. The van der Waals surface area contributed by atoms with E-state index in [0.29, 0.717) is 22.3 Å². The summed E-state index contributed by atoms with van der Waals surface area (Å²) in [5, 5.41) is 7.77. The van der Waals surface area contributed by atoms with Gasteiger partial charge in [-0.05, 0) is 43.7 Å². The van der Waals surface area contributed by atoms with E-state index in [0.717, 1.165) is 25.0 Å². The summed E-state index contributed by atoms with van der Waals surface area (Å²) < 4.78 is 14.8. The molecule has 0 saturated heterocycles. The Morgan fingerprint density at radius 1 is 1.48 bits per heavy atom. The number of aryl methyl sites for hydroxylation is 1. The Morgan fingerprint density at radius 2 is 2.24 bits per heavy atom. The molecule has 3 rings (SSSR count). The van der Waals surface area contributed by atoms with E-state index >= 15 is 0 Å². The second-order valence-electron chi connectivity index (χ2n) is 6.22. The minimum Gasteiger partial charge on any atom is -0.383 e. The molecule has 2 atom stereocenters. The number of nitrogens with one attached hydrogen (secondary N) is 1. The van der Waals surface area contributed by atoms with Crippen LogP contribution in [0.4, 0.5) is 15.9 Å². The van der Waals surface area contributed by atoms with Gasteiger partial charge in [0.25, 0.3) is 5.91 Å². The smallest absolute Gasteiger partial charge is 0.261 e. The van der Waals surface area contributed by atoms with Crippen molar-refractivity contribution in [3.63, 3.8) is 0 Å². The highest BCUT2D eigenvalue weighted by molar-refractivity contribution is 7.99. The molecule has 1 amide bonds. The first kappa shape index (κ1) is 18.1. The van der Waals surface area contributed by atoms with Gasteiger partial charge in [-0.25, -0.2) is 4.39 Å². The molecule has 0 radical (unpaired) electrons. The first-order valence-electron chi connectivity index (χ1n) is 8.02. The first-order valence-corrected chi connectivity index (χ1v) is 9.68. The van der Waals surface area contributed by atoms with Gasteiger partial charge in [-0.15, -0.1) is 0 Å². The van der Waals surface area contributed by atoms with Gasteiger partial charge >= 0.3 is 0 Å².